The lowest BCUT2D eigenvalue weighted by Crippen LogP contribution is -2.15. The molecule has 24 heavy (non-hydrogen) atoms. The van der Waals surface area contributed by atoms with Gasteiger partial charge < -0.3 is 19.3 Å². The second-order valence-corrected chi connectivity index (χ2v) is 5.16. The van der Waals surface area contributed by atoms with E-state index in [4.69, 9.17) is 25.8 Å². The van der Waals surface area contributed by atoms with E-state index < -0.39 is 18.4 Å². The fourth-order valence-electron chi connectivity index (χ4n) is 1.99. The maximum absolute atomic E-state index is 12.2. The van der Waals surface area contributed by atoms with E-state index in [0.717, 1.165) is 0 Å². The second-order valence-electron chi connectivity index (χ2n) is 4.73. The van der Waals surface area contributed by atoms with Gasteiger partial charge in [-0.2, -0.15) is 0 Å². The SMILES string of the molecule is COc1ccc(C(=O)COC(=O)c2cc(Cl)ccc2O)c(OC)c1. The first kappa shape index (κ1) is 17.6. The molecule has 0 spiro atoms. The number of halogens is 1. The van der Waals surface area contributed by atoms with Gasteiger partial charge in [-0.15, -0.1) is 0 Å². The number of carbonyl (C=O) groups is 2. The molecule has 0 saturated heterocycles. The first-order valence-corrected chi connectivity index (χ1v) is 7.25. The van der Waals surface area contributed by atoms with E-state index in [9.17, 15) is 14.7 Å². The van der Waals surface area contributed by atoms with Crippen LogP contribution in [0.15, 0.2) is 36.4 Å². The Kier molecular flexibility index (Phi) is 5.65. The van der Waals surface area contributed by atoms with Gasteiger partial charge >= 0.3 is 5.97 Å². The lowest BCUT2D eigenvalue weighted by atomic mass is 10.1. The number of carbonyl (C=O) groups excluding carboxylic acids is 2. The number of hydrogen-bond acceptors (Lipinski definition) is 6. The molecule has 0 aliphatic rings. The van der Waals surface area contributed by atoms with E-state index in [2.05, 4.69) is 0 Å². The Morgan fingerprint density at radius 3 is 2.46 bits per heavy atom. The van der Waals surface area contributed by atoms with Gasteiger partial charge in [0.05, 0.1) is 19.8 Å². The zero-order chi connectivity index (χ0) is 17.7. The molecule has 0 saturated carbocycles. The maximum Gasteiger partial charge on any atom is 0.342 e. The molecular formula is C17H15ClO6. The summed E-state index contributed by atoms with van der Waals surface area (Å²) in [5.41, 5.74) is 0.137. The molecule has 6 nitrogen and oxygen atoms in total. The van der Waals surface area contributed by atoms with Crippen LogP contribution in [-0.4, -0.2) is 37.7 Å². The molecule has 1 N–H and O–H groups in total. The minimum absolute atomic E-state index is 0.114. The summed E-state index contributed by atoms with van der Waals surface area (Å²) in [5, 5.41) is 9.92. The van der Waals surface area contributed by atoms with Gasteiger partial charge in [-0.05, 0) is 30.3 Å². The molecule has 0 atom stereocenters. The third kappa shape index (κ3) is 3.97. The summed E-state index contributed by atoms with van der Waals surface area (Å²) >= 11 is 5.77. The number of esters is 1. The summed E-state index contributed by atoms with van der Waals surface area (Å²) in [7, 11) is 2.91. The van der Waals surface area contributed by atoms with Crippen LogP contribution in [0.4, 0.5) is 0 Å². The summed E-state index contributed by atoms with van der Waals surface area (Å²) in [5.74, 6) is -0.746. The fourth-order valence-corrected chi connectivity index (χ4v) is 2.16. The lowest BCUT2D eigenvalue weighted by molar-refractivity contribution is 0.0471. The average molecular weight is 351 g/mol. The summed E-state index contributed by atoms with van der Waals surface area (Å²) in [6.07, 6.45) is 0. The summed E-state index contributed by atoms with van der Waals surface area (Å²) in [6, 6.07) is 8.63. The molecule has 0 fully saturated rings. The van der Waals surface area contributed by atoms with Gasteiger partial charge in [-0.1, -0.05) is 11.6 Å². The smallest absolute Gasteiger partial charge is 0.342 e. The van der Waals surface area contributed by atoms with Crippen molar-refractivity contribution in [3.63, 3.8) is 0 Å². The highest BCUT2D eigenvalue weighted by Crippen LogP contribution is 2.26. The molecule has 2 aromatic rings. The average Bonchev–Trinajstić information content (AvgIpc) is 2.60. The van der Waals surface area contributed by atoms with Gasteiger partial charge in [-0.25, -0.2) is 4.79 Å². The molecule has 7 heteroatoms. The van der Waals surface area contributed by atoms with E-state index in [1.807, 2.05) is 0 Å². The minimum Gasteiger partial charge on any atom is -0.507 e. The van der Waals surface area contributed by atoms with Crippen molar-refractivity contribution in [2.45, 2.75) is 0 Å². The van der Waals surface area contributed by atoms with E-state index >= 15 is 0 Å². The molecule has 0 heterocycles. The van der Waals surface area contributed by atoms with Gasteiger partial charge in [0.2, 0.25) is 5.78 Å². The predicted molar refractivity (Wildman–Crippen MR) is 87.3 cm³/mol. The van der Waals surface area contributed by atoms with Crippen LogP contribution in [0.1, 0.15) is 20.7 Å². The van der Waals surface area contributed by atoms with E-state index in [1.165, 1.54) is 38.5 Å². The number of benzene rings is 2. The van der Waals surface area contributed by atoms with Crippen molar-refractivity contribution in [2.75, 3.05) is 20.8 Å². The molecule has 0 aromatic heterocycles. The highest BCUT2D eigenvalue weighted by molar-refractivity contribution is 6.31. The van der Waals surface area contributed by atoms with Crippen LogP contribution < -0.4 is 9.47 Å². The van der Waals surface area contributed by atoms with Crippen LogP contribution in [0.3, 0.4) is 0 Å². The Morgan fingerprint density at radius 2 is 1.79 bits per heavy atom. The van der Waals surface area contributed by atoms with Gasteiger partial charge in [0.15, 0.2) is 6.61 Å². The molecule has 126 valence electrons. The lowest BCUT2D eigenvalue weighted by Gasteiger charge is -2.10. The highest BCUT2D eigenvalue weighted by Gasteiger charge is 2.18. The van der Waals surface area contributed by atoms with Crippen molar-refractivity contribution in [3.05, 3.63) is 52.5 Å². The van der Waals surface area contributed by atoms with Crippen molar-refractivity contribution in [2.24, 2.45) is 0 Å². The highest BCUT2D eigenvalue weighted by atomic mass is 35.5. The maximum atomic E-state index is 12.2. The second kappa shape index (κ2) is 7.70. The number of rotatable bonds is 6. The van der Waals surface area contributed by atoms with Crippen LogP contribution in [0.2, 0.25) is 5.02 Å². The fraction of sp³-hybridized carbons (Fsp3) is 0.176. The van der Waals surface area contributed by atoms with Gasteiger partial charge in [0, 0.05) is 11.1 Å². The first-order chi connectivity index (χ1) is 11.5. The normalized spacial score (nSPS) is 10.1. The third-order valence-corrected chi connectivity index (χ3v) is 3.46. The van der Waals surface area contributed by atoms with E-state index in [0.29, 0.717) is 11.5 Å². The Labute approximate surface area is 143 Å². The Hall–Kier alpha value is -2.73. The predicted octanol–water partition coefficient (Wildman–Crippen LogP) is 3.10. The molecule has 0 aliphatic heterocycles. The van der Waals surface area contributed by atoms with Crippen molar-refractivity contribution >= 4 is 23.4 Å². The van der Waals surface area contributed by atoms with Crippen LogP contribution in [-0.2, 0) is 4.74 Å². The molecule has 0 unspecified atom stereocenters. The standard InChI is InChI=1S/C17H15ClO6/c1-22-11-4-5-12(16(8-11)23-2)15(20)9-24-17(21)13-7-10(18)3-6-14(13)19/h3-8,19H,9H2,1-2H3. The third-order valence-electron chi connectivity index (χ3n) is 3.22. The van der Waals surface area contributed by atoms with Gasteiger partial charge in [0.1, 0.15) is 22.8 Å². The number of phenolic OH excluding ortho intramolecular Hbond substituents is 1. The molecule has 0 bridgehead atoms. The zero-order valence-electron chi connectivity index (χ0n) is 13.0. The Balaban J connectivity index is 2.10. The number of aromatic hydroxyl groups is 1. The van der Waals surface area contributed by atoms with Crippen LogP contribution in [0, 0.1) is 0 Å². The Morgan fingerprint density at radius 1 is 1.04 bits per heavy atom. The minimum atomic E-state index is -0.851. The van der Waals surface area contributed by atoms with Gasteiger partial charge in [0.25, 0.3) is 0 Å². The molecule has 0 radical (unpaired) electrons. The number of methoxy groups -OCH3 is 2. The number of ketones is 1. The van der Waals surface area contributed by atoms with Crippen molar-refractivity contribution in [1.29, 1.82) is 0 Å². The Bertz CT molecular complexity index is 772. The van der Waals surface area contributed by atoms with Crippen LogP contribution in [0.5, 0.6) is 17.2 Å². The number of ether oxygens (including phenoxy) is 3. The summed E-state index contributed by atoms with van der Waals surface area (Å²) < 4.78 is 15.1. The van der Waals surface area contributed by atoms with Crippen LogP contribution >= 0.6 is 11.6 Å². The monoisotopic (exact) mass is 350 g/mol. The zero-order valence-corrected chi connectivity index (χ0v) is 13.8. The number of phenols is 1. The molecular weight excluding hydrogens is 336 g/mol. The summed E-state index contributed by atoms with van der Waals surface area (Å²) in [4.78, 5) is 24.2. The number of Topliss-reactive ketones (excluding diaryl/α,β-unsaturated/α-hetero) is 1. The van der Waals surface area contributed by atoms with E-state index in [1.54, 1.807) is 12.1 Å². The van der Waals surface area contributed by atoms with Crippen LogP contribution in [0.25, 0.3) is 0 Å². The van der Waals surface area contributed by atoms with E-state index in [-0.39, 0.29) is 21.9 Å². The van der Waals surface area contributed by atoms with Crippen molar-refractivity contribution in [1.82, 2.24) is 0 Å². The molecule has 2 aromatic carbocycles. The molecule has 0 aliphatic carbocycles. The van der Waals surface area contributed by atoms with Crippen molar-refractivity contribution < 1.29 is 28.9 Å². The van der Waals surface area contributed by atoms with Crippen molar-refractivity contribution in [3.8, 4) is 17.2 Å². The number of hydrogen-bond donors (Lipinski definition) is 1. The molecule has 2 rings (SSSR count). The topological polar surface area (TPSA) is 82.1 Å². The molecule has 0 amide bonds. The first-order valence-electron chi connectivity index (χ1n) is 6.87. The van der Waals surface area contributed by atoms with Gasteiger partial charge in [-0.3, -0.25) is 4.79 Å². The quantitative estimate of drug-likeness (QED) is 0.636. The largest absolute Gasteiger partial charge is 0.507 e. The summed E-state index contributed by atoms with van der Waals surface area (Å²) in [6.45, 7) is -0.506.